The summed E-state index contributed by atoms with van der Waals surface area (Å²) in [6, 6.07) is 15.8. The van der Waals surface area contributed by atoms with E-state index in [9.17, 15) is 4.79 Å². The van der Waals surface area contributed by atoms with Crippen LogP contribution in [0.15, 0.2) is 48.5 Å². The zero-order valence-electron chi connectivity index (χ0n) is 16.9. The smallest absolute Gasteiger partial charge is 0.282 e. The molecular weight excluding hydrogens is 354 g/mol. The number of morpholine rings is 1. The van der Waals surface area contributed by atoms with Crippen LogP contribution in [0, 0.1) is 0 Å². The summed E-state index contributed by atoms with van der Waals surface area (Å²) in [5, 5.41) is 5.06. The van der Waals surface area contributed by atoms with E-state index in [1.54, 1.807) is 7.11 Å². The first-order valence-electron chi connectivity index (χ1n) is 9.80. The van der Waals surface area contributed by atoms with E-state index in [2.05, 4.69) is 22.5 Å². The number of amides is 1. The van der Waals surface area contributed by atoms with E-state index in [1.807, 2.05) is 55.5 Å². The van der Waals surface area contributed by atoms with Gasteiger partial charge in [-0.25, -0.2) is 0 Å². The lowest BCUT2D eigenvalue weighted by Gasteiger charge is -2.29. The van der Waals surface area contributed by atoms with E-state index in [1.165, 1.54) is 0 Å². The molecule has 1 fully saturated rings. The molecule has 0 unspecified atom stereocenters. The van der Waals surface area contributed by atoms with Crippen molar-refractivity contribution in [1.82, 2.24) is 0 Å². The highest BCUT2D eigenvalue weighted by molar-refractivity contribution is 5.93. The van der Waals surface area contributed by atoms with E-state index >= 15 is 0 Å². The molecule has 150 valence electrons. The van der Waals surface area contributed by atoms with Crippen LogP contribution in [0.5, 0.6) is 5.75 Å². The van der Waals surface area contributed by atoms with Gasteiger partial charge < -0.3 is 25.0 Å². The van der Waals surface area contributed by atoms with Crippen LogP contribution in [0.25, 0.3) is 0 Å². The maximum atomic E-state index is 12.6. The fourth-order valence-corrected chi connectivity index (χ4v) is 3.50. The summed E-state index contributed by atoms with van der Waals surface area (Å²) < 4.78 is 10.8. The molecule has 0 aliphatic carbocycles. The molecule has 2 aromatic rings. The molecule has 3 N–H and O–H groups in total. The Kier molecular flexibility index (Phi) is 6.90. The molecule has 0 spiro atoms. The fraction of sp³-hybridized carbons (Fsp3) is 0.409. The Morgan fingerprint density at radius 2 is 1.79 bits per heavy atom. The highest BCUT2D eigenvalue weighted by Gasteiger charge is 2.22. The van der Waals surface area contributed by atoms with Crippen LogP contribution >= 0.6 is 0 Å². The second-order valence-electron chi connectivity index (χ2n) is 7.15. The Hall–Kier alpha value is -2.57. The maximum Gasteiger partial charge on any atom is 0.282 e. The number of carbonyl (C=O) groups is 1. The molecule has 0 saturated carbocycles. The van der Waals surface area contributed by atoms with Crippen molar-refractivity contribution >= 4 is 17.3 Å². The van der Waals surface area contributed by atoms with Gasteiger partial charge in [0.05, 0.1) is 25.9 Å². The van der Waals surface area contributed by atoms with Gasteiger partial charge >= 0.3 is 0 Å². The van der Waals surface area contributed by atoms with E-state index in [0.717, 1.165) is 49.0 Å². The topological polar surface area (TPSA) is 67.4 Å². The predicted molar refractivity (Wildman–Crippen MR) is 111 cm³/mol. The van der Waals surface area contributed by atoms with Gasteiger partial charge in [-0.3, -0.25) is 4.79 Å². The molecule has 1 aliphatic rings. The van der Waals surface area contributed by atoms with Gasteiger partial charge in [0, 0.05) is 24.5 Å². The number of carbonyl (C=O) groups excluding carboxylic acids is 1. The lowest BCUT2D eigenvalue weighted by molar-refractivity contribution is -0.709. The van der Waals surface area contributed by atoms with Gasteiger partial charge in [0.1, 0.15) is 11.8 Å². The molecular formula is C22H30N3O3+. The Morgan fingerprint density at radius 1 is 1.11 bits per heavy atom. The summed E-state index contributed by atoms with van der Waals surface area (Å²) >= 11 is 0. The lowest BCUT2D eigenvalue weighted by atomic mass is 10.1. The number of anilines is 2. The Balaban J connectivity index is 1.56. The first-order valence-corrected chi connectivity index (χ1v) is 9.80. The second kappa shape index (κ2) is 9.57. The average molecular weight is 385 g/mol. The zero-order chi connectivity index (χ0) is 19.9. The van der Waals surface area contributed by atoms with Crippen molar-refractivity contribution in [2.75, 3.05) is 43.6 Å². The zero-order valence-corrected chi connectivity index (χ0v) is 16.9. The molecule has 28 heavy (non-hydrogen) atoms. The molecule has 0 radical (unpaired) electrons. The number of rotatable bonds is 7. The highest BCUT2D eigenvalue weighted by Crippen LogP contribution is 2.22. The van der Waals surface area contributed by atoms with Crippen LogP contribution in [0.4, 0.5) is 11.4 Å². The van der Waals surface area contributed by atoms with Crippen molar-refractivity contribution in [3.63, 3.8) is 0 Å². The van der Waals surface area contributed by atoms with Gasteiger partial charge in [-0.1, -0.05) is 12.1 Å². The molecule has 1 saturated heterocycles. The van der Waals surface area contributed by atoms with Gasteiger partial charge in [-0.15, -0.1) is 0 Å². The minimum atomic E-state index is -0.223. The summed E-state index contributed by atoms with van der Waals surface area (Å²) in [7, 11) is 1.67. The van der Waals surface area contributed by atoms with Crippen molar-refractivity contribution in [1.29, 1.82) is 0 Å². The number of methoxy groups -OCH3 is 1. The highest BCUT2D eigenvalue weighted by atomic mass is 16.5. The van der Waals surface area contributed by atoms with Crippen LogP contribution in [0.2, 0.25) is 0 Å². The minimum Gasteiger partial charge on any atom is -0.496 e. The van der Waals surface area contributed by atoms with Gasteiger partial charge in [-0.2, -0.15) is 0 Å². The van der Waals surface area contributed by atoms with E-state index in [-0.39, 0.29) is 18.0 Å². The quantitative estimate of drug-likeness (QED) is 0.768. The summed E-state index contributed by atoms with van der Waals surface area (Å²) in [4.78, 5) is 14.9. The standard InChI is InChI=1S/C22H29N3O3/c1-16(20-6-4-5-7-21(20)27-3)23-17(2)22(26)24-18-8-10-19(11-9-18)25-12-14-28-15-13-25/h4-11,16-17,23H,12-15H2,1-3H3,(H,24,26)/p+1/t16-,17-/m0/s1. The first kappa shape index (κ1) is 20.2. The van der Waals surface area contributed by atoms with Crippen LogP contribution in [0.1, 0.15) is 25.5 Å². The van der Waals surface area contributed by atoms with Crippen molar-refractivity contribution in [3.05, 3.63) is 54.1 Å². The number of benzene rings is 2. The third-order valence-corrected chi connectivity index (χ3v) is 5.13. The number of ether oxygens (including phenoxy) is 2. The third-order valence-electron chi connectivity index (χ3n) is 5.13. The number of nitrogens with two attached hydrogens (primary N) is 1. The molecule has 2 atom stereocenters. The fourth-order valence-electron chi connectivity index (χ4n) is 3.50. The Labute approximate surface area is 166 Å². The molecule has 0 aromatic heterocycles. The summed E-state index contributed by atoms with van der Waals surface area (Å²) in [5.74, 6) is 0.832. The van der Waals surface area contributed by atoms with E-state index in [4.69, 9.17) is 9.47 Å². The van der Waals surface area contributed by atoms with Gasteiger partial charge in [0.15, 0.2) is 6.04 Å². The van der Waals surface area contributed by atoms with Crippen molar-refractivity contribution < 1.29 is 19.6 Å². The Morgan fingerprint density at radius 3 is 2.46 bits per heavy atom. The van der Waals surface area contributed by atoms with Crippen molar-refractivity contribution in [3.8, 4) is 5.75 Å². The summed E-state index contributed by atoms with van der Waals surface area (Å²) in [6.45, 7) is 7.33. The van der Waals surface area contributed by atoms with Crippen LogP contribution in [0.3, 0.4) is 0 Å². The number of para-hydroxylation sites is 1. The van der Waals surface area contributed by atoms with Crippen LogP contribution in [-0.4, -0.2) is 45.4 Å². The number of nitrogens with zero attached hydrogens (tertiary/aromatic N) is 1. The van der Waals surface area contributed by atoms with E-state index < -0.39 is 0 Å². The minimum absolute atomic E-state index is 0.0131. The molecule has 6 heteroatoms. The molecule has 0 bridgehead atoms. The molecule has 1 heterocycles. The molecule has 3 rings (SSSR count). The predicted octanol–water partition coefficient (Wildman–Crippen LogP) is 2.18. The van der Waals surface area contributed by atoms with Crippen molar-refractivity contribution in [2.45, 2.75) is 25.9 Å². The summed E-state index contributed by atoms with van der Waals surface area (Å²) in [5.41, 5.74) is 3.05. The normalized spacial score (nSPS) is 16.3. The lowest BCUT2D eigenvalue weighted by Crippen LogP contribution is -2.91. The largest absolute Gasteiger partial charge is 0.496 e. The number of hydrogen-bond donors (Lipinski definition) is 2. The number of nitrogens with one attached hydrogen (secondary N) is 1. The summed E-state index contributed by atoms with van der Waals surface area (Å²) in [6.07, 6.45) is 0. The molecule has 2 aromatic carbocycles. The maximum absolute atomic E-state index is 12.6. The Bertz CT molecular complexity index is 773. The monoisotopic (exact) mass is 384 g/mol. The van der Waals surface area contributed by atoms with Gasteiger partial charge in [0.25, 0.3) is 5.91 Å². The van der Waals surface area contributed by atoms with Crippen LogP contribution in [-0.2, 0) is 9.53 Å². The van der Waals surface area contributed by atoms with Gasteiger partial charge in [-0.05, 0) is 50.2 Å². The van der Waals surface area contributed by atoms with Gasteiger partial charge in [0.2, 0.25) is 0 Å². The number of quaternary nitrogens is 1. The molecule has 1 amide bonds. The average Bonchev–Trinajstić information content (AvgIpc) is 2.74. The van der Waals surface area contributed by atoms with Crippen molar-refractivity contribution in [2.24, 2.45) is 0 Å². The second-order valence-corrected chi connectivity index (χ2v) is 7.15. The van der Waals surface area contributed by atoms with E-state index in [0.29, 0.717) is 0 Å². The third kappa shape index (κ3) is 5.03. The number of hydrogen-bond acceptors (Lipinski definition) is 4. The molecule has 1 aliphatic heterocycles. The first-order chi connectivity index (χ1) is 13.6. The molecule has 6 nitrogen and oxygen atoms in total. The van der Waals surface area contributed by atoms with Crippen LogP contribution < -0.4 is 20.3 Å². The SMILES string of the molecule is COc1ccccc1[C@H](C)[NH2+][C@@H](C)C(=O)Nc1ccc(N2CCOCC2)cc1.